The Balaban J connectivity index is 1.59. The highest BCUT2D eigenvalue weighted by atomic mass is 16.5. The Hall–Kier alpha value is -1.47. The van der Waals surface area contributed by atoms with Crippen molar-refractivity contribution in [3.63, 3.8) is 0 Å². The number of hydrogen-bond acceptors (Lipinski definition) is 5. The number of nitrogens with zero attached hydrogens (tertiary/aromatic N) is 4. The standard InChI is InChI=1S/C14H23N5O2/c15-6-11-2-1-3-13(11)14(20)18-4-5-21-12(7-18)8-19-10-16-9-17-19/h9-13H,1-8,15H2/t11-,12?,13-/m1/s1. The summed E-state index contributed by atoms with van der Waals surface area (Å²) in [6.07, 6.45) is 6.35. The molecule has 2 N–H and O–H groups in total. The molecule has 1 amide bonds. The third-order valence-electron chi connectivity index (χ3n) is 4.59. The predicted octanol–water partition coefficient (Wildman–Crippen LogP) is -0.119. The van der Waals surface area contributed by atoms with Crippen molar-refractivity contribution in [1.82, 2.24) is 19.7 Å². The normalized spacial score (nSPS) is 29.8. The number of hydrogen-bond donors (Lipinski definition) is 1. The van der Waals surface area contributed by atoms with Gasteiger partial charge in [0.2, 0.25) is 5.91 Å². The van der Waals surface area contributed by atoms with Crippen LogP contribution < -0.4 is 5.73 Å². The molecule has 21 heavy (non-hydrogen) atoms. The van der Waals surface area contributed by atoms with Gasteiger partial charge in [0.25, 0.3) is 0 Å². The van der Waals surface area contributed by atoms with Crippen LogP contribution in [0.5, 0.6) is 0 Å². The van der Waals surface area contributed by atoms with Crippen molar-refractivity contribution in [1.29, 1.82) is 0 Å². The second kappa shape index (κ2) is 6.53. The maximum absolute atomic E-state index is 12.7. The minimum Gasteiger partial charge on any atom is -0.373 e. The zero-order valence-corrected chi connectivity index (χ0v) is 12.2. The molecule has 1 aromatic rings. The van der Waals surface area contributed by atoms with E-state index in [4.69, 9.17) is 10.5 Å². The van der Waals surface area contributed by atoms with E-state index in [1.165, 1.54) is 6.33 Å². The van der Waals surface area contributed by atoms with Crippen molar-refractivity contribution < 1.29 is 9.53 Å². The van der Waals surface area contributed by atoms with E-state index >= 15 is 0 Å². The number of carbonyl (C=O) groups excluding carboxylic acids is 1. The Morgan fingerprint density at radius 2 is 2.33 bits per heavy atom. The van der Waals surface area contributed by atoms with Crippen LogP contribution in [-0.4, -0.2) is 57.9 Å². The van der Waals surface area contributed by atoms with E-state index in [0.29, 0.717) is 38.7 Å². The maximum Gasteiger partial charge on any atom is 0.226 e. The van der Waals surface area contributed by atoms with Crippen LogP contribution in [0.4, 0.5) is 0 Å². The molecular formula is C14H23N5O2. The first-order valence-electron chi connectivity index (χ1n) is 7.71. The molecule has 0 bridgehead atoms. The van der Waals surface area contributed by atoms with Gasteiger partial charge in [-0.15, -0.1) is 0 Å². The van der Waals surface area contributed by atoms with Gasteiger partial charge >= 0.3 is 0 Å². The molecule has 7 nitrogen and oxygen atoms in total. The number of amides is 1. The highest BCUT2D eigenvalue weighted by Crippen LogP contribution is 2.32. The largest absolute Gasteiger partial charge is 0.373 e. The lowest BCUT2D eigenvalue weighted by Crippen LogP contribution is -2.49. The van der Waals surface area contributed by atoms with Crippen LogP contribution in [0.15, 0.2) is 12.7 Å². The Morgan fingerprint density at radius 3 is 3.10 bits per heavy atom. The second-order valence-electron chi connectivity index (χ2n) is 5.93. The van der Waals surface area contributed by atoms with Gasteiger partial charge in [0.05, 0.1) is 19.3 Å². The van der Waals surface area contributed by atoms with Gasteiger partial charge in [-0.25, -0.2) is 4.98 Å². The SMILES string of the molecule is NC[C@H]1CCC[C@H]1C(=O)N1CCOC(Cn2cncn2)C1. The third kappa shape index (κ3) is 3.24. The molecule has 0 radical (unpaired) electrons. The van der Waals surface area contributed by atoms with Crippen LogP contribution in [0.25, 0.3) is 0 Å². The molecule has 3 atom stereocenters. The molecule has 1 saturated heterocycles. The van der Waals surface area contributed by atoms with Crippen LogP contribution in [0.2, 0.25) is 0 Å². The van der Waals surface area contributed by atoms with Gasteiger partial charge in [-0.05, 0) is 25.3 Å². The third-order valence-corrected chi connectivity index (χ3v) is 4.59. The predicted molar refractivity (Wildman–Crippen MR) is 76.2 cm³/mol. The summed E-state index contributed by atoms with van der Waals surface area (Å²) in [7, 11) is 0. The molecule has 1 aliphatic heterocycles. The number of ether oxygens (including phenoxy) is 1. The lowest BCUT2D eigenvalue weighted by atomic mass is 9.94. The summed E-state index contributed by atoms with van der Waals surface area (Å²) in [6, 6.07) is 0. The monoisotopic (exact) mass is 293 g/mol. The summed E-state index contributed by atoms with van der Waals surface area (Å²) in [6.45, 7) is 3.15. The van der Waals surface area contributed by atoms with Crippen LogP contribution in [0, 0.1) is 11.8 Å². The Labute approximate surface area is 124 Å². The fourth-order valence-electron chi connectivity index (χ4n) is 3.44. The Kier molecular flexibility index (Phi) is 4.50. The summed E-state index contributed by atoms with van der Waals surface area (Å²) >= 11 is 0. The molecule has 1 aromatic heterocycles. The number of nitrogens with two attached hydrogens (primary N) is 1. The molecule has 1 saturated carbocycles. The van der Waals surface area contributed by atoms with Crippen LogP contribution >= 0.6 is 0 Å². The topological polar surface area (TPSA) is 86.3 Å². The quantitative estimate of drug-likeness (QED) is 0.836. The first kappa shape index (κ1) is 14.5. The number of morpholine rings is 1. The molecule has 0 spiro atoms. The molecule has 7 heteroatoms. The average Bonchev–Trinajstić information content (AvgIpc) is 3.17. The molecule has 116 valence electrons. The van der Waals surface area contributed by atoms with Gasteiger partial charge in [-0.1, -0.05) is 6.42 Å². The van der Waals surface area contributed by atoms with E-state index in [-0.39, 0.29) is 17.9 Å². The fourth-order valence-corrected chi connectivity index (χ4v) is 3.44. The average molecular weight is 293 g/mol. The van der Waals surface area contributed by atoms with E-state index in [1.807, 2.05) is 4.90 Å². The van der Waals surface area contributed by atoms with Crippen molar-refractivity contribution in [2.24, 2.45) is 17.6 Å². The zero-order valence-electron chi connectivity index (χ0n) is 12.2. The van der Waals surface area contributed by atoms with Crippen LogP contribution in [0.1, 0.15) is 19.3 Å². The first-order chi connectivity index (χ1) is 10.3. The molecule has 2 aliphatic rings. The smallest absolute Gasteiger partial charge is 0.226 e. The van der Waals surface area contributed by atoms with Gasteiger partial charge in [0.15, 0.2) is 0 Å². The number of carbonyl (C=O) groups is 1. The van der Waals surface area contributed by atoms with Crippen molar-refractivity contribution in [3.05, 3.63) is 12.7 Å². The van der Waals surface area contributed by atoms with Gasteiger partial charge in [-0.3, -0.25) is 9.48 Å². The molecular weight excluding hydrogens is 270 g/mol. The van der Waals surface area contributed by atoms with Gasteiger partial charge in [0.1, 0.15) is 12.7 Å². The fraction of sp³-hybridized carbons (Fsp3) is 0.786. The molecule has 1 aliphatic carbocycles. The summed E-state index contributed by atoms with van der Waals surface area (Å²) in [4.78, 5) is 18.6. The highest BCUT2D eigenvalue weighted by Gasteiger charge is 2.36. The summed E-state index contributed by atoms with van der Waals surface area (Å²) in [5.41, 5.74) is 5.80. The lowest BCUT2D eigenvalue weighted by Gasteiger charge is -2.35. The van der Waals surface area contributed by atoms with Crippen LogP contribution in [0.3, 0.4) is 0 Å². The van der Waals surface area contributed by atoms with E-state index in [1.54, 1.807) is 11.0 Å². The molecule has 2 heterocycles. The minimum atomic E-state index is -0.0119. The molecule has 2 fully saturated rings. The van der Waals surface area contributed by atoms with Crippen molar-refractivity contribution in [2.75, 3.05) is 26.2 Å². The van der Waals surface area contributed by atoms with E-state index in [9.17, 15) is 4.79 Å². The second-order valence-corrected chi connectivity index (χ2v) is 5.93. The zero-order chi connectivity index (χ0) is 14.7. The number of aromatic nitrogens is 3. The van der Waals surface area contributed by atoms with Crippen molar-refractivity contribution in [2.45, 2.75) is 31.9 Å². The van der Waals surface area contributed by atoms with Gasteiger partial charge in [0, 0.05) is 19.0 Å². The summed E-state index contributed by atoms with van der Waals surface area (Å²) in [5, 5.41) is 4.09. The van der Waals surface area contributed by atoms with E-state index in [0.717, 1.165) is 19.3 Å². The lowest BCUT2D eigenvalue weighted by molar-refractivity contribution is -0.144. The Bertz CT molecular complexity index is 464. The Morgan fingerprint density at radius 1 is 1.43 bits per heavy atom. The number of rotatable bonds is 4. The van der Waals surface area contributed by atoms with Crippen LogP contribution in [-0.2, 0) is 16.1 Å². The van der Waals surface area contributed by atoms with E-state index < -0.39 is 0 Å². The highest BCUT2D eigenvalue weighted by molar-refractivity contribution is 5.79. The summed E-state index contributed by atoms with van der Waals surface area (Å²) in [5.74, 6) is 0.726. The van der Waals surface area contributed by atoms with Gasteiger partial charge in [-0.2, -0.15) is 5.10 Å². The van der Waals surface area contributed by atoms with E-state index in [2.05, 4.69) is 10.1 Å². The first-order valence-corrected chi connectivity index (χ1v) is 7.71. The maximum atomic E-state index is 12.7. The molecule has 0 aromatic carbocycles. The van der Waals surface area contributed by atoms with Crippen molar-refractivity contribution >= 4 is 5.91 Å². The molecule has 1 unspecified atom stereocenters. The van der Waals surface area contributed by atoms with Gasteiger partial charge < -0.3 is 15.4 Å². The summed E-state index contributed by atoms with van der Waals surface area (Å²) < 4.78 is 7.49. The molecule has 3 rings (SSSR count). The van der Waals surface area contributed by atoms with Crippen molar-refractivity contribution in [3.8, 4) is 0 Å². The minimum absolute atomic E-state index is 0.0119.